The molecule has 1 atom stereocenters. The van der Waals surface area contributed by atoms with Crippen molar-refractivity contribution in [3.8, 4) is 0 Å². The second kappa shape index (κ2) is 7.50. The lowest BCUT2D eigenvalue weighted by molar-refractivity contribution is -0.184. The Morgan fingerprint density at radius 1 is 1.31 bits per heavy atom. The summed E-state index contributed by atoms with van der Waals surface area (Å²) in [7, 11) is 1.39. The summed E-state index contributed by atoms with van der Waals surface area (Å²) in [4.78, 5) is 16.0. The molecule has 146 valence electrons. The van der Waals surface area contributed by atoms with E-state index in [1.165, 1.54) is 23.3 Å². The van der Waals surface area contributed by atoms with Crippen molar-refractivity contribution in [2.45, 2.75) is 58.3 Å². The molecule has 2 aliphatic rings. The number of hydrogen-bond acceptors (Lipinski definition) is 4. The van der Waals surface area contributed by atoms with E-state index in [0.717, 1.165) is 18.7 Å². The van der Waals surface area contributed by atoms with Gasteiger partial charge in [0.15, 0.2) is 0 Å². The van der Waals surface area contributed by atoms with E-state index < -0.39 is 12.1 Å². The van der Waals surface area contributed by atoms with Crippen LogP contribution in [0.3, 0.4) is 0 Å². The fourth-order valence-electron chi connectivity index (χ4n) is 4.41. The summed E-state index contributed by atoms with van der Waals surface area (Å²) in [6, 6.07) is 2.15. The lowest BCUT2D eigenvalue weighted by Crippen LogP contribution is -2.35. The number of methoxy groups -OCH3 is 1. The zero-order chi connectivity index (χ0) is 19.1. The highest BCUT2D eigenvalue weighted by atomic mass is 32.1. The first-order chi connectivity index (χ1) is 12.2. The molecule has 0 radical (unpaired) electrons. The van der Waals surface area contributed by atoms with Gasteiger partial charge in [0, 0.05) is 24.0 Å². The molecule has 0 aromatic carbocycles. The quantitative estimate of drug-likeness (QED) is 0.645. The Bertz CT molecular complexity index is 648. The van der Waals surface area contributed by atoms with Crippen LogP contribution < -0.4 is 0 Å². The molecule has 26 heavy (non-hydrogen) atoms. The van der Waals surface area contributed by atoms with Gasteiger partial charge in [-0.2, -0.15) is 13.2 Å². The van der Waals surface area contributed by atoms with E-state index in [9.17, 15) is 18.0 Å². The highest BCUT2D eigenvalue weighted by Gasteiger charge is 2.42. The van der Waals surface area contributed by atoms with Crippen molar-refractivity contribution < 1.29 is 22.7 Å². The molecule has 1 unspecified atom stereocenters. The summed E-state index contributed by atoms with van der Waals surface area (Å²) >= 11 is 1.50. The standard InChI is InChI=1S/C19H26F3NO2S/c1-11(2)16-17-13(8-15(26-17)18(24)25-3)10-23(16)9-12-4-6-14(7-5-12)19(20,21)22/h8,11-12,14,16H,4-7,9-10H2,1-3H3. The maximum Gasteiger partial charge on any atom is 0.391 e. The predicted molar refractivity (Wildman–Crippen MR) is 95.2 cm³/mol. The molecule has 1 aliphatic carbocycles. The van der Waals surface area contributed by atoms with E-state index in [1.807, 2.05) is 6.07 Å². The summed E-state index contributed by atoms with van der Waals surface area (Å²) in [5.41, 5.74) is 1.16. The molecule has 0 N–H and O–H groups in total. The van der Waals surface area contributed by atoms with Crippen molar-refractivity contribution in [3.05, 3.63) is 21.4 Å². The van der Waals surface area contributed by atoms with Crippen molar-refractivity contribution in [1.82, 2.24) is 4.90 Å². The number of carbonyl (C=O) groups is 1. The Morgan fingerprint density at radius 3 is 2.50 bits per heavy atom. The van der Waals surface area contributed by atoms with Gasteiger partial charge in [-0.1, -0.05) is 13.8 Å². The Hall–Kier alpha value is -1.08. The van der Waals surface area contributed by atoms with Crippen molar-refractivity contribution in [2.24, 2.45) is 17.8 Å². The lowest BCUT2D eigenvalue weighted by atomic mass is 9.81. The molecule has 2 heterocycles. The van der Waals surface area contributed by atoms with Gasteiger partial charge >= 0.3 is 12.1 Å². The van der Waals surface area contributed by atoms with Gasteiger partial charge < -0.3 is 4.74 Å². The van der Waals surface area contributed by atoms with Crippen LogP contribution in [-0.4, -0.2) is 30.7 Å². The van der Waals surface area contributed by atoms with Gasteiger partial charge in [0.25, 0.3) is 0 Å². The van der Waals surface area contributed by atoms with E-state index >= 15 is 0 Å². The van der Waals surface area contributed by atoms with Gasteiger partial charge in [-0.3, -0.25) is 4.90 Å². The van der Waals surface area contributed by atoms with Gasteiger partial charge in [-0.25, -0.2) is 4.79 Å². The molecule has 1 fully saturated rings. The first-order valence-corrected chi connectivity index (χ1v) is 10.0. The molecular formula is C19H26F3NO2S. The number of halogens is 3. The maximum absolute atomic E-state index is 12.9. The minimum absolute atomic E-state index is 0.230. The molecule has 0 amide bonds. The summed E-state index contributed by atoms with van der Waals surface area (Å²) in [6.45, 7) is 5.92. The van der Waals surface area contributed by atoms with Crippen LogP contribution in [0.25, 0.3) is 0 Å². The zero-order valence-electron chi connectivity index (χ0n) is 15.4. The molecule has 7 heteroatoms. The minimum atomic E-state index is -4.05. The molecule has 3 nitrogen and oxygen atoms in total. The molecule has 1 aliphatic heterocycles. The Morgan fingerprint density at radius 2 is 1.96 bits per heavy atom. The number of alkyl halides is 3. The number of ether oxygens (including phenoxy) is 1. The van der Waals surface area contributed by atoms with E-state index in [1.54, 1.807) is 0 Å². The van der Waals surface area contributed by atoms with Crippen molar-refractivity contribution in [1.29, 1.82) is 0 Å². The van der Waals surface area contributed by atoms with Crippen LogP contribution in [0, 0.1) is 17.8 Å². The molecule has 0 saturated heterocycles. The third-order valence-corrected chi connectivity index (χ3v) is 6.93. The number of nitrogens with zero attached hydrogens (tertiary/aromatic N) is 1. The highest BCUT2D eigenvalue weighted by Crippen LogP contribution is 2.46. The summed E-state index contributed by atoms with van der Waals surface area (Å²) < 4.78 is 43.4. The molecule has 0 spiro atoms. The van der Waals surface area contributed by atoms with Crippen molar-refractivity contribution >= 4 is 17.3 Å². The van der Waals surface area contributed by atoms with E-state index in [-0.39, 0.29) is 24.9 Å². The average molecular weight is 389 g/mol. The van der Waals surface area contributed by atoms with Gasteiger partial charge in [0.05, 0.1) is 13.0 Å². The number of fused-ring (bicyclic) bond motifs is 1. The lowest BCUT2D eigenvalue weighted by Gasteiger charge is -2.35. The SMILES string of the molecule is COC(=O)c1cc2c(s1)C(C(C)C)N(CC1CCC(C(F)(F)F)CC1)C2. The highest BCUT2D eigenvalue weighted by molar-refractivity contribution is 7.14. The monoisotopic (exact) mass is 389 g/mol. The smallest absolute Gasteiger partial charge is 0.391 e. The first kappa shape index (κ1) is 19.7. The molecule has 3 rings (SSSR count). The predicted octanol–water partition coefficient (Wildman–Crippen LogP) is 5.42. The van der Waals surface area contributed by atoms with Crippen LogP contribution in [0.4, 0.5) is 13.2 Å². The number of rotatable bonds is 4. The van der Waals surface area contributed by atoms with Crippen LogP contribution in [0.1, 0.15) is 65.7 Å². The van der Waals surface area contributed by atoms with Gasteiger partial charge in [-0.05, 0) is 49.1 Å². The second-order valence-electron chi connectivity index (χ2n) is 7.87. The normalized spacial score (nSPS) is 27.0. The first-order valence-electron chi connectivity index (χ1n) is 9.22. The second-order valence-corrected chi connectivity index (χ2v) is 8.95. The van der Waals surface area contributed by atoms with Crippen LogP contribution in [0.15, 0.2) is 6.07 Å². The summed E-state index contributed by atoms with van der Waals surface area (Å²) in [5.74, 6) is -0.720. The maximum atomic E-state index is 12.9. The summed E-state index contributed by atoms with van der Waals surface area (Å²) in [5, 5.41) is 0. The van der Waals surface area contributed by atoms with Crippen LogP contribution in [-0.2, 0) is 11.3 Å². The fourth-order valence-corrected chi connectivity index (χ4v) is 5.81. The number of carbonyl (C=O) groups excluding carboxylic acids is 1. The molecule has 0 bridgehead atoms. The number of thiophene rings is 1. The van der Waals surface area contributed by atoms with E-state index in [2.05, 4.69) is 18.7 Å². The van der Waals surface area contributed by atoms with Gasteiger partial charge in [0.1, 0.15) is 4.88 Å². The topological polar surface area (TPSA) is 29.5 Å². The Labute approximate surface area is 156 Å². The Balaban J connectivity index is 1.66. The zero-order valence-corrected chi connectivity index (χ0v) is 16.3. The molecular weight excluding hydrogens is 363 g/mol. The number of esters is 1. The number of hydrogen-bond donors (Lipinski definition) is 0. The largest absolute Gasteiger partial charge is 0.465 e. The fraction of sp³-hybridized carbons (Fsp3) is 0.737. The average Bonchev–Trinajstić information content (AvgIpc) is 3.10. The van der Waals surface area contributed by atoms with Crippen molar-refractivity contribution in [3.63, 3.8) is 0 Å². The molecule has 1 aromatic rings. The third kappa shape index (κ3) is 3.93. The molecule has 1 aromatic heterocycles. The van der Waals surface area contributed by atoms with Gasteiger partial charge in [0.2, 0.25) is 0 Å². The van der Waals surface area contributed by atoms with E-state index in [4.69, 9.17) is 4.74 Å². The van der Waals surface area contributed by atoms with Crippen molar-refractivity contribution in [2.75, 3.05) is 13.7 Å². The van der Waals surface area contributed by atoms with Crippen LogP contribution in [0.2, 0.25) is 0 Å². The minimum Gasteiger partial charge on any atom is -0.465 e. The van der Waals surface area contributed by atoms with Crippen LogP contribution in [0.5, 0.6) is 0 Å². The van der Waals surface area contributed by atoms with E-state index in [0.29, 0.717) is 29.6 Å². The van der Waals surface area contributed by atoms with Crippen LogP contribution >= 0.6 is 11.3 Å². The third-order valence-electron chi connectivity index (χ3n) is 5.70. The molecule has 1 saturated carbocycles. The summed E-state index contributed by atoms with van der Waals surface area (Å²) in [6.07, 6.45) is -2.25. The Kier molecular flexibility index (Phi) is 5.68. The van der Waals surface area contributed by atoms with Gasteiger partial charge in [-0.15, -0.1) is 11.3 Å².